The molecule has 37 heavy (non-hydrogen) atoms. The van der Waals surface area contributed by atoms with Crippen molar-refractivity contribution in [3.05, 3.63) is 52.6 Å². The van der Waals surface area contributed by atoms with Crippen LogP contribution in [0.25, 0.3) is 5.69 Å². The Morgan fingerprint density at radius 2 is 1.70 bits per heavy atom. The van der Waals surface area contributed by atoms with Crippen LogP contribution in [0.5, 0.6) is 0 Å². The molecule has 4 rings (SSSR count). The van der Waals surface area contributed by atoms with Crippen molar-refractivity contribution in [2.45, 2.75) is 45.3 Å². The predicted octanol–water partition coefficient (Wildman–Crippen LogP) is 0.815. The average molecular weight is 511 g/mol. The third-order valence-corrected chi connectivity index (χ3v) is 7.12. The van der Waals surface area contributed by atoms with Crippen LogP contribution in [0.1, 0.15) is 32.8 Å². The van der Waals surface area contributed by atoms with Gasteiger partial charge < -0.3 is 21.3 Å². The first kappa shape index (κ1) is 26.8. The molecule has 2 aliphatic heterocycles. The zero-order chi connectivity index (χ0) is 26.7. The third kappa shape index (κ3) is 6.54. The number of amides is 3. The minimum Gasteiger partial charge on any atom is -0.338 e. The molecule has 2 aromatic rings. The fourth-order valence-electron chi connectivity index (χ4n) is 4.79. The first-order valence-electron chi connectivity index (χ1n) is 12.8. The Hall–Kier alpha value is -3.28. The van der Waals surface area contributed by atoms with Gasteiger partial charge in [-0.2, -0.15) is 4.98 Å². The van der Waals surface area contributed by atoms with E-state index in [4.69, 9.17) is 11.5 Å². The Morgan fingerprint density at radius 3 is 2.30 bits per heavy atom. The van der Waals surface area contributed by atoms with Gasteiger partial charge in [0, 0.05) is 51.5 Å². The standard InChI is InChI=1S/C26H38N8O3/c1-18-16-31(10-8-21(18)27)17-19-4-6-20(7-5-19)34-11-9-22(30-25(34)37)29-24(36)33-14-12-32(13-15-33)23(35)26(2,3)28/h4-7,9,11,18,21H,8,10,12-17,27-28H2,1-3H3,(H,29,30,36,37)/t18-,21?/m1/s1. The van der Waals surface area contributed by atoms with E-state index in [1.807, 2.05) is 24.3 Å². The van der Waals surface area contributed by atoms with Crippen LogP contribution < -0.4 is 22.5 Å². The molecular formula is C26H38N8O3. The summed E-state index contributed by atoms with van der Waals surface area (Å²) in [7, 11) is 0. The first-order valence-corrected chi connectivity index (χ1v) is 12.8. The van der Waals surface area contributed by atoms with Gasteiger partial charge in [0.15, 0.2) is 0 Å². The number of hydrogen-bond donors (Lipinski definition) is 3. The molecule has 11 nitrogen and oxygen atoms in total. The lowest BCUT2D eigenvalue weighted by Gasteiger charge is -2.37. The maximum absolute atomic E-state index is 12.7. The molecule has 0 radical (unpaired) electrons. The molecule has 3 heterocycles. The second-order valence-electron chi connectivity index (χ2n) is 10.7. The molecule has 2 atom stereocenters. The number of carbonyl (C=O) groups excluding carboxylic acids is 2. The van der Waals surface area contributed by atoms with Crippen molar-refractivity contribution in [2.75, 3.05) is 44.6 Å². The van der Waals surface area contributed by atoms with Gasteiger partial charge in [-0.25, -0.2) is 9.59 Å². The summed E-state index contributed by atoms with van der Waals surface area (Å²) in [6, 6.07) is 9.36. The highest BCUT2D eigenvalue weighted by Gasteiger charge is 2.31. The van der Waals surface area contributed by atoms with E-state index in [2.05, 4.69) is 22.1 Å². The van der Waals surface area contributed by atoms with Crippen molar-refractivity contribution in [3.63, 3.8) is 0 Å². The van der Waals surface area contributed by atoms with E-state index in [9.17, 15) is 14.4 Å². The number of hydrogen-bond acceptors (Lipinski definition) is 7. The highest BCUT2D eigenvalue weighted by molar-refractivity contribution is 5.89. The van der Waals surface area contributed by atoms with E-state index in [0.29, 0.717) is 37.8 Å². The normalized spacial score (nSPS) is 21.1. The monoisotopic (exact) mass is 510 g/mol. The van der Waals surface area contributed by atoms with Crippen LogP contribution in [0.4, 0.5) is 10.6 Å². The Kier molecular flexibility index (Phi) is 7.96. The van der Waals surface area contributed by atoms with Gasteiger partial charge in [0.1, 0.15) is 5.82 Å². The molecule has 0 aliphatic carbocycles. The average Bonchev–Trinajstić information content (AvgIpc) is 2.86. The number of anilines is 1. The van der Waals surface area contributed by atoms with Crippen molar-refractivity contribution >= 4 is 17.8 Å². The Bertz CT molecular complexity index is 1170. The molecule has 200 valence electrons. The Balaban J connectivity index is 1.32. The Labute approximate surface area is 217 Å². The molecule has 0 saturated carbocycles. The van der Waals surface area contributed by atoms with Gasteiger partial charge in [0.05, 0.1) is 11.2 Å². The third-order valence-electron chi connectivity index (χ3n) is 7.12. The molecule has 0 bridgehead atoms. The molecular weight excluding hydrogens is 472 g/mol. The smallest absolute Gasteiger partial charge is 0.338 e. The van der Waals surface area contributed by atoms with Crippen LogP contribution in [-0.4, -0.2) is 87.0 Å². The molecule has 11 heteroatoms. The molecule has 1 unspecified atom stereocenters. The van der Waals surface area contributed by atoms with Crippen molar-refractivity contribution in [2.24, 2.45) is 17.4 Å². The number of aromatic nitrogens is 2. The highest BCUT2D eigenvalue weighted by atomic mass is 16.2. The lowest BCUT2D eigenvalue weighted by molar-refractivity contribution is -0.137. The molecule has 1 aromatic carbocycles. The molecule has 2 saturated heterocycles. The zero-order valence-corrected chi connectivity index (χ0v) is 21.9. The topological polar surface area (TPSA) is 143 Å². The van der Waals surface area contributed by atoms with Gasteiger partial charge in [-0.1, -0.05) is 19.1 Å². The van der Waals surface area contributed by atoms with Gasteiger partial charge in [0.25, 0.3) is 0 Å². The van der Waals surface area contributed by atoms with Crippen molar-refractivity contribution in [3.8, 4) is 5.69 Å². The minimum atomic E-state index is -0.945. The van der Waals surface area contributed by atoms with Crippen LogP contribution in [0.15, 0.2) is 41.3 Å². The van der Waals surface area contributed by atoms with Crippen LogP contribution in [0, 0.1) is 5.92 Å². The zero-order valence-electron chi connectivity index (χ0n) is 21.9. The number of nitrogens with two attached hydrogens (primary N) is 2. The summed E-state index contributed by atoms with van der Waals surface area (Å²) in [4.78, 5) is 47.4. The summed E-state index contributed by atoms with van der Waals surface area (Å²) in [6.45, 7) is 9.92. The summed E-state index contributed by atoms with van der Waals surface area (Å²) in [5.41, 5.74) is 12.5. The van der Waals surface area contributed by atoms with E-state index in [1.165, 1.54) is 10.1 Å². The number of likely N-dealkylation sites (tertiary alicyclic amines) is 1. The SMILES string of the molecule is C[C@@H]1CN(Cc2ccc(-n3ccc(NC(=O)N4CCN(C(=O)C(C)(C)N)CC4)nc3=O)cc2)CCC1N. The fraction of sp³-hybridized carbons (Fsp3) is 0.538. The lowest BCUT2D eigenvalue weighted by atomic mass is 9.94. The van der Waals surface area contributed by atoms with E-state index in [1.54, 1.807) is 35.9 Å². The molecule has 1 aromatic heterocycles. The van der Waals surface area contributed by atoms with E-state index >= 15 is 0 Å². The van der Waals surface area contributed by atoms with Crippen molar-refractivity contribution in [1.29, 1.82) is 0 Å². The summed E-state index contributed by atoms with van der Waals surface area (Å²) in [5, 5.41) is 2.69. The second kappa shape index (κ2) is 11.0. The van der Waals surface area contributed by atoms with E-state index in [0.717, 1.165) is 26.1 Å². The van der Waals surface area contributed by atoms with Gasteiger partial charge >= 0.3 is 11.7 Å². The maximum atomic E-state index is 12.7. The number of benzene rings is 1. The number of rotatable bonds is 5. The van der Waals surface area contributed by atoms with E-state index in [-0.39, 0.29) is 23.8 Å². The molecule has 0 spiro atoms. The summed E-state index contributed by atoms with van der Waals surface area (Å²) in [6.07, 6.45) is 2.61. The fourth-order valence-corrected chi connectivity index (χ4v) is 4.79. The van der Waals surface area contributed by atoms with Gasteiger partial charge in [-0.3, -0.25) is 19.6 Å². The Morgan fingerprint density at radius 1 is 1.05 bits per heavy atom. The summed E-state index contributed by atoms with van der Waals surface area (Å²) < 4.78 is 1.44. The number of piperazine rings is 1. The van der Waals surface area contributed by atoms with Crippen molar-refractivity contribution in [1.82, 2.24) is 24.3 Å². The van der Waals surface area contributed by atoms with Crippen molar-refractivity contribution < 1.29 is 9.59 Å². The summed E-state index contributed by atoms with van der Waals surface area (Å²) in [5.74, 6) is 0.521. The maximum Gasteiger partial charge on any atom is 0.354 e. The van der Waals surface area contributed by atoms with Crippen LogP contribution >= 0.6 is 0 Å². The van der Waals surface area contributed by atoms with Crippen LogP contribution in [-0.2, 0) is 11.3 Å². The largest absolute Gasteiger partial charge is 0.354 e. The minimum absolute atomic E-state index is 0.142. The quantitative estimate of drug-likeness (QED) is 0.540. The predicted molar refractivity (Wildman–Crippen MR) is 142 cm³/mol. The second-order valence-corrected chi connectivity index (χ2v) is 10.7. The highest BCUT2D eigenvalue weighted by Crippen LogP contribution is 2.18. The van der Waals surface area contributed by atoms with Gasteiger partial charge in [-0.15, -0.1) is 0 Å². The molecule has 5 N–H and O–H groups in total. The molecule has 2 fully saturated rings. The number of piperidine rings is 1. The number of nitrogens with zero attached hydrogens (tertiary/aromatic N) is 5. The summed E-state index contributed by atoms with van der Waals surface area (Å²) >= 11 is 0. The lowest BCUT2D eigenvalue weighted by Crippen LogP contribution is -2.58. The molecule has 3 amide bonds. The van der Waals surface area contributed by atoms with E-state index < -0.39 is 11.2 Å². The van der Waals surface area contributed by atoms with Gasteiger partial charge in [0.2, 0.25) is 5.91 Å². The number of carbonyl (C=O) groups is 2. The van der Waals surface area contributed by atoms with Crippen LogP contribution in [0.3, 0.4) is 0 Å². The van der Waals surface area contributed by atoms with Gasteiger partial charge in [-0.05, 0) is 56.5 Å². The number of nitrogens with one attached hydrogen (secondary N) is 1. The molecule has 2 aliphatic rings. The number of urea groups is 1. The van der Waals surface area contributed by atoms with Crippen LogP contribution in [0.2, 0.25) is 0 Å². The first-order chi connectivity index (χ1) is 17.5.